The summed E-state index contributed by atoms with van der Waals surface area (Å²) in [5.74, 6) is -0.201. The first-order valence-electron chi connectivity index (χ1n) is 7.22. The van der Waals surface area contributed by atoms with E-state index in [1.165, 1.54) is 11.8 Å². The highest BCUT2D eigenvalue weighted by molar-refractivity contribution is 5.34. The number of nitrogens with zero attached hydrogens (tertiary/aromatic N) is 1. The fraction of sp³-hybridized carbons (Fsp3) is 0.412. The molecule has 0 bridgehead atoms. The molecule has 2 unspecified atom stereocenters. The van der Waals surface area contributed by atoms with Gasteiger partial charge in [-0.2, -0.15) is 0 Å². The zero-order chi connectivity index (χ0) is 14.3. The van der Waals surface area contributed by atoms with E-state index in [0.29, 0.717) is 0 Å². The van der Waals surface area contributed by atoms with Gasteiger partial charge in [0.25, 0.3) is 0 Å². The Bertz CT molecular complexity index is 632. The van der Waals surface area contributed by atoms with E-state index in [2.05, 4.69) is 24.5 Å². The zero-order valence-corrected chi connectivity index (χ0v) is 11.9. The van der Waals surface area contributed by atoms with E-state index in [4.69, 9.17) is 0 Å². The molecule has 2 atom stereocenters. The number of aliphatic hydroxyl groups is 1. The summed E-state index contributed by atoms with van der Waals surface area (Å²) in [6.45, 7) is 4.14. The fourth-order valence-electron chi connectivity index (χ4n) is 3.36. The van der Waals surface area contributed by atoms with Gasteiger partial charge in [-0.15, -0.1) is 0 Å². The summed E-state index contributed by atoms with van der Waals surface area (Å²) in [4.78, 5) is 0. The highest BCUT2D eigenvalue weighted by atomic mass is 19.1. The number of halogens is 1. The molecule has 3 rings (SSSR count). The van der Waals surface area contributed by atoms with Crippen LogP contribution in [0.25, 0.3) is 0 Å². The third-order valence-corrected chi connectivity index (χ3v) is 4.34. The number of aromatic nitrogens is 1. The molecule has 0 radical (unpaired) electrons. The maximum absolute atomic E-state index is 13.4. The molecule has 2 nitrogen and oxygen atoms in total. The number of hydrogen-bond acceptors (Lipinski definition) is 1. The Morgan fingerprint density at radius 2 is 2.15 bits per heavy atom. The van der Waals surface area contributed by atoms with Crippen LogP contribution >= 0.6 is 0 Å². The molecule has 106 valence electrons. The van der Waals surface area contributed by atoms with Crippen molar-refractivity contribution in [2.45, 2.75) is 45.3 Å². The van der Waals surface area contributed by atoms with Crippen molar-refractivity contribution in [3.05, 3.63) is 58.7 Å². The number of fused-ring (bicyclic) bond motifs is 1. The summed E-state index contributed by atoms with van der Waals surface area (Å²) in [6, 6.07) is 8.93. The Labute approximate surface area is 118 Å². The molecule has 0 spiro atoms. The summed E-state index contributed by atoms with van der Waals surface area (Å²) in [7, 11) is 0. The highest BCUT2D eigenvalue weighted by Gasteiger charge is 2.25. The minimum atomic E-state index is -0.349. The molecule has 1 N–H and O–H groups in total. The van der Waals surface area contributed by atoms with Crippen LogP contribution in [0.1, 0.15) is 54.4 Å². The van der Waals surface area contributed by atoms with E-state index in [-0.39, 0.29) is 18.0 Å². The number of hydrogen-bond donors (Lipinski definition) is 1. The minimum absolute atomic E-state index is 0.0831. The Morgan fingerprint density at radius 1 is 1.35 bits per heavy atom. The molecule has 0 aliphatic heterocycles. The number of aliphatic hydroxyl groups excluding tert-OH is 1. The maximum Gasteiger partial charge on any atom is 0.123 e. The van der Waals surface area contributed by atoms with Gasteiger partial charge < -0.3 is 9.67 Å². The second-order valence-electron chi connectivity index (χ2n) is 5.70. The lowest BCUT2D eigenvalue weighted by molar-refractivity contribution is 0.155. The predicted molar refractivity (Wildman–Crippen MR) is 77.3 cm³/mol. The first-order valence-corrected chi connectivity index (χ1v) is 7.22. The highest BCUT2D eigenvalue weighted by Crippen LogP contribution is 2.35. The molecule has 1 heterocycles. The van der Waals surface area contributed by atoms with Gasteiger partial charge in [-0.25, -0.2) is 4.39 Å². The molecule has 20 heavy (non-hydrogen) atoms. The Balaban J connectivity index is 2.06. The average Bonchev–Trinajstić information content (AvgIpc) is 2.76. The van der Waals surface area contributed by atoms with Crippen LogP contribution in [0.15, 0.2) is 30.3 Å². The van der Waals surface area contributed by atoms with E-state index in [1.54, 1.807) is 12.1 Å². The Morgan fingerprint density at radius 3 is 2.90 bits per heavy atom. The van der Waals surface area contributed by atoms with Crippen LogP contribution in [0.4, 0.5) is 4.39 Å². The lowest BCUT2D eigenvalue weighted by atomic mass is 9.95. The van der Waals surface area contributed by atoms with Crippen LogP contribution < -0.4 is 0 Å². The summed E-state index contributed by atoms with van der Waals surface area (Å²) in [6.07, 6.45) is 2.48. The van der Waals surface area contributed by atoms with E-state index in [1.807, 2.05) is 6.07 Å². The van der Waals surface area contributed by atoms with Gasteiger partial charge in [0, 0.05) is 17.0 Å². The van der Waals surface area contributed by atoms with Gasteiger partial charge in [-0.1, -0.05) is 12.1 Å². The third kappa shape index (κ3) is 2.16. The quantitative estimate of drug-likeness (QED) is 0.881. The van der Waals surface area contributed by atoms with E-state index in [0.717, 1.165) is 36.1 Å². The number of aryl methyl sites for hydroxylation is 1. The van der Waals surface area contributed by atoms with Crippen molar-refractivity contribution in [2.75, 3.05) is 0 Å². The Kier molecular flexibility index (Phi) is 3.38. The number of benzene rings is 1. The standard InChI is InChI=1S/C17H20FNO/c1-11-9-15-16(7-4-8-17(15)20)19(11)12(2)13-5-3-6-14(18)10-13/h3,5-6,9-10,12,17,20H,4,7-8H2,1-2H3. The monoisotopic (exact) mass is 273 g/mol. The van der Waals surface area contributed by atoms with Crippen LogP contribution in [0.2, 0.25) is 0 Å². The van der Waals surface area contributed by atoms with Crippen LogP contribution in [0.3, 0.4) is 0 Å². The summed E-state index contributed by atoms with van der Waals surface area (Å²) < 4.78 is 15.7. The van der Waals surface area contributed by atoms with Crippen molar-refractivity contribution in [3.63, 3.8) is 0 Å². The summed E-state index contributed by atoms with van der Waals surface area (Å²) in [5, 5.41) is 10.1. The molecule has 0 amide bonds. The van der Waals surface area contributed by atoms with Crippen LogP contribution in [-0.2, 0) is 6.42 Å². The van der Waals surface area contributed by atoms with Crippen LogP contribution in [0.5, 0.6) is 0 Å². The third-order valence-electron chi connectivity index (χ3n) is 4.34. The first-order chi connectivity index (χ1) is 9.58. The van der Waals surface area contributed by atoms with Gasteiger partial charge >= 0.3 is 0 Å². The van der Waals surface area contributed by atoms with Crippen molar-refractivity contribution in [2.24, 2.45) is 0 Å². The molecule has 1 aliphatic rings. The summed E-state index contributed by atoms with van der Waals surface area (Å²) >= 11 is 0. The molecule has 1 aromatic carbocycles. The van der Waals surface area contributed by atoms with Gasteiger partial charge in [0.2, 0.25) is 0 Å². The lowest BCUT2D eigenvalue weighted by Crippen LogP contribution is -2.16. The number of rotatable bonds is 2. The zero-order valence-electron chi connectivity index (χ0n) is 11.9. The van der Waals surface area contributed by atoms with Gasteiger partial charge in [0.05, 0.1) is 12.1 Å². The van der Waals surface area contributed by atoms with Crippen molar-refractivity contribution in [1.29, 1.82) is 0 Å². The van der Waals surface area contributed by atoms with Gasteiger partial charge in [-0.05, 0) is 56.9 Å². The minimum Gasteiger partial charge on any atom is -0.388 e. The van der Waals surface area contributed by atoms with Crippen LogP contribution in [0, 0.1) is 12.7 Å². The van der Waals surface area contributed by atoms with Crippen molar-refractivity contribution < 1.29 is 9.50 Å². The topological polar surface area (TPSA) is 25.2 Å². The van der Waals surface area contributed by atoms with Gasteiger partial charge in [-0.3, -0.25) is 0 Å². The molecule has 1 aliphatic carbocycles. The average molecular weight is 273 g/mol. The maximum atomic E-state index is 13.4. The largest absolute Gasteiger partial charge is 0.388 e. The molecular formula is C17H20FNO. The molecule has 0 fully saturated rings. The summed E-state index contributed by atoms with van der Waals surface area (Å²) in [5.41, 5.74) is 4.36. The second kappa shape index (κ2) is 5.06. The van der Waals surface area contributed by atoms with Crippen LogP contribution in [-0.4, -0.2) is 9.67 Å². The van der Waals surface area contributed by atoms with Crippen molar-refractivity contribution >= 4 is 0 Å². The van der Waals surface area contributed by atoms with Gasteiger partial charge in [0.1, 0.15) is 5.82 Å². The van der Waals surface area contributed by atoms with E-state index >= 15 is 0 Å². The lowest BCUT2D eigenvalue weighted by Gasteiger charge is -2.24. The molecular weight excluding hydrogens is 253 g/mol. The molecule has 0 saturated carbocycles. The normalized spacial score (nSPS) is 19.7. The molecule has 0 saturated heterocycles. The molecule has 3 heteroatoms. The molecule has 2 aromatic rings. The SMILES string of the molecule is Cc1cc2c(n1C(C)c1cccc(F)c1)CCCC2O. The van der Waals surface area contributed by atoms with Crippen molar-refractivity contribution in [1.82, 2.24) is 4.57 Å². The smallest absolute Gasteiger partial charge is 0.123 e. The molecule has 1 aromatic heterocycles. The second-order valence-corrected chi connectivity index (χ2v) is 5.70. The van der Waals surface area contributed by atoms with Crippen molar-refractivity contribution in [3.8, 4) is 0 Å². The van der Waals surface area contributed by atoms with E-state index in [9.17, 15) is 9.50 Å². The fourth-order valence-corrected chi connectivity index (χ4v) is 3.36. The van der Waals surface area contributed by atoms with E-state index < -0.39 is 0 Å². The predicted octanol–water partition coefficient (Wildman–Crippen LogP) is 3.91. The Hall–Kier alpha value is -1.61. The van der Waals surface area contributed by atoms with Gasteiger partial charge in [0.15, 0.2) is 0 Å². The first kappa shape index (κ1) is 13.4.